The summed E-state index contributed by atoms with van der Waals surface area (Å²) in [6, 6.07) is 17.4. The first kappa shape index (κ1) is 23.2. The first-order valence-electron chi connectivity index (χ1n) is 11.5. The summed E-state index contributed by atoms with van der Waals surface area (Å²) in [6.07, 6.45) is 5.22. The lowest BCUT2D eigenvalue weighted by Gasteiger charge is -2.11. The van der Waals surface area contributed by atoms with Crippen LogP contribution in [-0.2, 0) is 17.6 Å². The van der Waals surface area contributed by atoms with Gasteiger partial charge >= 0.3 is 5.56 Å². The fourth-order valence-electron chi connectivity index (χ4n) is 3.91. The van der Waals surface area contributed by atoms with E-state index in [4.69, 9.17) is 4.74 Å². The minimum atomic E-state index is -0.253. The molecule has 0 aliphatic rings. The van der Waals surface area contributed by atoms with Gasteiger partial charge in [-0.05, 0) is 49.1 Å². The lowest BCUT2D eigenvalue weighted by atomic mass is 10.0. The number of ether oxygens (including phenoxy) is 1. The number of aromatic nitrogens is 4. The van der Waals surface area contributed by atoms with Crippen LogP contribution in [0.4, 0.5) is 0 Å². The molecule has 2 aromatic heterocycles. The highest BCUT2D eigenvalue weighted by atomic mass is 16.5. The summed E-state index contributed by atoms with van der Waals surface area (Å²) in [5.74, 6) is 1.48. The molecule has 0 bridgehead atoms. The van der Waals surface area contributed by atoms with E-state index in [1.54, 1.807) is 16.8 Å². The van der Waals surface area contributed by atoms with E-state index in [0.29, 0.717) is 31.8 Å². The summed E-state index contributed by atoms with van der Waals surface area (Å²) in [7, 11) is 0. The maximum Gasteiger partial charge on any atom is 0.300 e. The molecule has 0 saturated heterocycles. The van der Waals surface area contributed by atoms with Gasteiger partial charge in [0, 0.05) is 37.5 Å². The standard InChI is InChI=1S/C26H29N5O3/c1-3-34-22-11-9-21(10-12-22)30-15-16-31-23(28-29-25(31)26(30)33)17-19(2)18-24(32)27-14-13-20-7-5-4-6-8-20/h4-12,15-16,19H,3,13-14,17-18H2,1-2H3,(H,27,32)/t19-/m1/s1. The molecule has 1 amide bonds. The summed E-state index contributed by atoms with van der Waals surface area (Å²) in [5, 5.41) is 11.3. The van der Waals surface area contributed by atoms with Crippen LogP contribution in [0.5, 0.6) is 5.75 Å². The van der Waals surface area contributed by atoms with Gasteiger partial charge in [0.25, 0.3) is 0 Å². The van der Waals surface area contributed by atoms with Gasteiger partial charge in [-0.15, -0.1) is 10.2 Å². The van der Waals surface area contributed by atoms with Crippen LogP contribution < -0.4 is 15.6 Å². The predicted molar refractivity (Wildman–Crippen MR) is 130 cm³/mol. The topological polar surface area (TPSA) is 90.5 Å². The Morgan fingerprint density at radius 1 is 1.06 bits per heavy atom. The van der Waals surface area contributed by atoms with Gasteiger partial charge in [0.2, 0.25) is 11.6 Å². The zero-order valence-electron chi connectivity index (χ0n) is 19.5. The second-order valence-corrected chi connectivity index (χ2v) is 8.31. The van der Waals surface area contributed by atoms with Gasteiger partial charge in [-0.1, -0.05) is 37.3 Å². The Labute approximate surface area is 198 Å². The number of nitrogens with one attached hydrogen (secondary N) is 1. The summed E-state index contributed by atoms with van der Waals surface area (Å²) in [5.41, 5.74) is 1.92. The van der Waals surface area contributed by atoms with Gasteiger partial charge in [0.15, 0.2) is 0 Å². The van der Waals surface area contributed by atoms with E-state index in [0.717, 1.165) is 17.9 Å². The van der Waals surface area contributed by atoms with Crippen LogP contribution in [0.1, 0.15) is 31.7 Å². The number of hydrogen-bond donors (Lipinski definition) is 1. The zero-order chi connectivity index (χ0) is 23.9. The molecule has 0 fully saturated rings. The van der Waals surface area contributed by atoms with Crippen molar-refractivity contribution in [1.29, 1.82) is 0 Å². The SMILES string of the molecule is CCOc1ccc(-n2ccn3c(C[C@@H](C)CC(=O)NCCc4ccccc4)nnc3c2=O)cc1. The number of carbonyl (C=O) groups excluding carboxylic acids is 1. The second kappa shape index (κ2) is 10.8. The first-order chi connectivity index (χ1) is 16.5. The van der Waals surface area contributed by atoms with Gasteiger partial charge in [-0.2, -0.15) is 0 Å². The average Bonchev–Trinajstić information content (AvgIpc) is 3.24. The number of amides is 1. The molecule has 34 heavy (non-hydrogen) atoms. The van der Waals surface area contributed by atoms with Gasteiger partial charge in [-0.3, -0.25) is 18.6 Å². The molecule has 4 rings (SSSR count). The summed E-state index contributed by atoms with van der Waals surface area (Å²) >= 11 is 0. The number of carbonyl (C=O) groups is 1. The Bertz CT molecular complexity index is 1300. The minimum Gasteiger partial charge on any atom is -0.494 e. The van der Waals surface area contributed by atoms with Crippen molar-refractivity contribution >= 4 is 11.6 Å². The van der Waals surface area contributed by atoms with E-state index < -0.39 is 0 Å². The molecule has 176 valence electrons. The van der Waals surface area contributed by atoms with E-state index in [1.807, 2.05) is 56.3 Å². The fraction of sp³-hybridized carbons (Fsp3) is 0.308. The van der Waals surface area contributed by atoms with Gasteiger partial charge in [0.05, 0.1) is 6.61 Å². The average molecular weight is 460 g/mol. The molecular weight excluding hydrogens is 430 g/mol. The van der Waals surface area contributed by atoms with Crippen LogP contribution in [-0.4, -0.2) is 38.2 Å². The molecule has 2 heterocycles. The van der Waals surface area contributed by atoms with Crippen molar-refractivity contribution in [3.8, 4) is 11.4 Å². The quantitative estimate of drug-likeness (QED) is 0.393. The molecule has 0 spiro atoms. The molecule has 4 aromatic rings. The molecule has 1 atom stereocenters. The van der Waals surface area contributed by atoms with E-state index in [9.17, 15) is 9.59 Å². The number of benzene rings is 2. The molecule has 0 unspecified atom stereocenters. The maximum atomic E-state index is 13.0. The highest BCUT2D eigenvalue weighted by molar-refractivity contribution is 5.76. The third-order valence-corrected chi connectivity index (χ3v) is 5.61. The van der Waals surface area contributed by atoms with Crippen molar-refractivity contribution in [1.82, 2.24) is 24.5 Å². The zero-order valence-corrected chi connectivity index (χ0v) is 19.5. The van der Waals surface area contributed by atoms with Crippen LogP contribution >= 0.6 is 0 Å². The van der Waals surface area contributed by atoms with E-state index in [2.05, 4.69) is 27.6 Å². The molecular formula is C26H29N5O3. The van der Waals surface area contributed by atoms with Crippen molar-refractivity contribution in [2.45, 2.75) is 33.1 Å². The smallest absolute Gasteiger partial charge is 0.300 e. The van der Waals surface area contributed by atoms with Crippen molar-refractivity contribution in [2.24, 2.45) is 5.92 Å². The lowest BCUT2D eigenvalue weighted by molar-refractivity contribution is -0.121. The van der Waals surface area contributed by atoms with Crippen LogP contribution in [0, 0.1) is 5.92 Å². The largest absolute Gasteiger partial charge is 0.494 e. The Balaban J connectivity index is 1.38. The Morgan fingerprint density at radius 3 is 2.56 bits per heavy atom. The molecule has 0 radical (unpaired) electrons. The monoisotopic (exact) mass is 459 g/mol. The molecule has 1 N–H and O–H groups in total. The molecule has 8 heteroatoms. The first-order valence-corrected chi connectivity index (χ1v) is 11.5. The maximum absolute atomic E-state index is 13.0. The Hall–Kier alpha value is -3.94. The fourth-order valence-corrected chi connectivity index (χ4v) is 3.91. The van der Waals surface area contributed by atoms with Crippen molar-refractivity contribution in [3.63, 3.8) is 0 Å². The summed E-state index contributed by atoms with van der Waals surface area (Å²) < 4.78 is 8.70. The lowest BCUT2D eigenvalue weighted by Crippen LogP contribution is -2.27. The second-order valence-electron chi connectivity index (χ2n) is 8.31. The minimum absolute atomic E-state index is 0.00936. The van der Waals surface area contributed by atoms with Crippen molar-refractivity contribution < 1.29 is 9.53 Å². The van der Waals surface area contributed by atoms with Gasteiger partial charge in [-0.25, -0.2) is 0 Å². The number of hydrogen-bond acceptors (Lipinski definition) is 5. The molecule has 2 aromatic carbocycles. The van der Waals surface area contributed by atoms with Gasteiger partial charge < -0.3 is 10.1 Å². The van der Waals surface area contributed by atoms with Crippen LogP contribution in [0.2, 0.25) is 0 Å². The third kappa shape index (κ3) is 5.51. The van der Waals surface area contributed by atoms with Crippen LogP contribution in [0.15, 0.2) is 71.8 Å². The number of nitrogens with zero attached hydrogens (tertiary/aromatic N) is 4. The normalized spacial score (nSPS) is 11.9. The Morgan fingerprint density at radius 2 is 1.82 bits per heavy atom. The molecule has 0 saturated carbocycles. The van der Waals surface area contributed by atoms with Crippen LogP contribution in [0.25, 0.3) is 11.3 Å². The van der Waals surface area contributed by atoms with Crippen molar-refractivity contribution in [3.05, 3.63) is 88.7 Å². The summed E-state index contributed by atoms with van der Waals surface area (Å²) in [4.78, 5) is 25.3. The summed E-state index contributed by atoms with van der Waals surface area (Å²) in [6.45, 7) is 5.11. The number of rotatable bonds is 10. The van der Waals surface area contributed by atoms with E-state index in [-0.39, 0.29) is 23.0 Å². The van der Waals surface area contributed by atoms with E-state index >= 15 is 0 Å². The Kier molecular flexibility index (Phi) is 7.37. The third-order valence-electron chi connectivity index (χ3n) is 5.61. The highest BCUT2D eigenvalue weighted by Crippen LogP contribution is 2.15. The molecule has 0 aliphatic carbocycles. The highest BCUT2D eigenvalue weighted by Gasteiger charge is 2.16. The van der Waals surface area contributed by atoms with Crippen LogP contribution in [0.3, 0.4) is 0 Å². The van der Waals surface area contributed by atoms with Gasteiger partial charge in [0.1, 0.15) is 11.6 Å². The number of fused-ring (bicyclic) bond motifs is 1. The van der Waals surface area contributed by atoms with E-state index in [1.165, 1.54) is 10.1 Å². The molecule has 8 nitrogen and oxygen atoms in total. The predicted octanol–water partition coefficient (Wildman–Crippen LogP) is 3.21. The van der Waals surface area contributed by atoms with Crippen molar-refractivity contribution in [2.75, 3.05) is 13.2 Å². The molecule has 0 aliphatic heterocycles.